The van der Waals surface area contributed by atoms with E-state index >= 15 is 0 Å². The van der Waals surface area contributed by atoms with Crippen LogP contribution in [0, 0.1) is 12.8 Å². The summed E-state index contributed by atoms with van der Waals surface area (Å²) in [6.45, 7) is 2.89. The summed E-state index contributed by atoms with van der Waals surface area (Å²) in [6.07, 6.45) is 8.69. The smallest absolute Gasteiger partial charge is 0.148 e. The van der Waals surface area contributed by atoms with E-state index < -0.39 is 5.41 Å². The Morgan fingerprint density at radius 2 is 1.89 bits per heavy atom. The van der Waals surface area contributed by atoms with Crippen LogP contribution in [0.5, 0.6) is 0 Å². The van der Waals surface area contributed by atoms with Crippen molar-refractivity contribution in [2.45, 2.75) is 57.5 Å². The maximum atomic E-state index is 13.2. The number of carbonyl (C=O) groups excluding carboxylic acids is 1. The van der Waals surface area contributed by atoms with Crippen LogP contribution in [0.4, 0.5) is 0 Å². The van der Waals surface area contributed by atoms with Crippen molar-refractivity contribution >= 4 is 5.78 Å². The van der Waals surface area contributed by atoms with Crippen molar-refractivity contribution in [1.82, 2.24) is 4.98 Å². The third-order valence-electron chi connectivity index (χ3n) is 6.47. The molecule has 0 bridgehead atoms. The Kier molecular flexibility index (Phi) is 5.61. The van der Waals surface area contributed by atoms with Crippen molar-refractivity contribution in [3.63, 3.8) is 0 Å². The number of ether oxygens (including phenoxy) is 1. The fourth-order valence-electron chi connectivity index (χ4n) is 4.62. The van der Waals surface area contributed by atoms with E-state index in [9.17, 15) is 9.90 Å². The Morgan fingerprint density at radius 3 is 2.50 bits per heavy atom. The third kappa shape index (κ3) is 3.63. The Balaban J connectivity index is 1.56. The van der Waals surface area contributed by atoms with Crippen LogP contribution in [-0.4, -0.2) is 29.1 Å². The van der Waals surface area contributed by atoms with Gasteiger partial charge < -0.3 is 9.84 Å². The number of aliphatic hydroxyl groups is 1. The van der Waals surface area contributed by atoms with Gasteiger partial charge in [0, 0.05) is 23.9 Å². The van der Waals surface area contributed by atoms with Crippen LogP contribution < -0.4 is 0 Å². The highest BCUT2D eigenvalue weighted by Crippen LogP contribution is 2.38. The number of nitrogens with zero attached hydrogens (tertiary/aromatic N) is 1. The molecule has 28 heavy (non-hydrogen) atoms. The summed E-state index contributed by atoms with van der Waals surface area (Å²) in [5.74, 6) is 0.884. The first-order valence-electron chi connectivity index (χ1n) is 10.4. The second-order valence-corrected chi connectivity index (χ2v) is 8.42. The SMILES string of the molecule is Cc1cc(CO)c(-c2ccc(C3(C(=O)CC4CCCCC4)COC3)cc2)cn1. The van der Waals surface area contributed by atoms with E-state index in [1.807, 2.05) is 31.3 Å². The topological polar surface area (TPSA) is 59.4 Å². The summed E-state index contributed by atoms with van der Waals surface area (Å²) in [7, 11) is 0. The number of benzene rings is 1. The lowest BCUT2D eigenvalue weighted by atomic mass is 9.71. The zero-order chi connectivity index (χ0) is 19.6. The second kappa shape index (κ2) is 8.14. The molecule has 0 spiro atoms. The molecular formula is C24H29NO3. The number of aryl methyl sites for hydroxylation is 1. The highest BCUT2D eigenvalue weighted by Gasteiger charge is 2.47. The van der Waals surface area contributed by atoms with Crippen molar-refractivity contribution in [2.24, 2.45) is 5.92 Å². The van der Waals surface area contributed by atoms with Gasteiger partial charge in [0.2, 0.25) is 0 Å². The molecule has 1 aliphatic carbocycles. The van der Waals surface area contributed by atoms with E-state index in [0.29, 0.717) is 31.3 Å². The number of ketones is 1. The van der Waals surface area contributed by atoms with Gasteiger partial charge in [-0.25, -0.2) is 0 Å². The lowest BCUT2D eigenvalue weighted by Gasteiger charge is -2.41. The minimum atomic E-state index is -0.471. The first-order chi connectivity index (χ1) is 13.6. The second-order valence-electron chi connectivity index (χ2n) is 8.42. The van der Waals surface area contributed by atoms with Gasteiger partial charge in [0.1, 0.15) is 11.2 Å². The molecule has 1 aromatic heterocycles. The summed E-state index contributed by atoms with van der Waals surface area (Å²) in [6, 6.07) is 10.1. The third-order valence-corrected chi connectivity index (χ3v) is 6.47. The number of carbonyl (C=O) groups is 1. The van der Waals surface area contributed by atoms with Gasteiger partial charge in [0.25, 0.3) is 0 Å². The first-order valence-corrected chi connectivity index (χ1v) is 10.4. The van der Waals surface area contributed by atoms with Crippen molar-refractivity contribution in [1.29, 1.82) is 0 Å². The van der Waals surface area contributed by atoms with Crippen molar-refractivity contribution in [3.05, 3.63) is 53.3 Å². The number of hydrogen-bond donors (Lipinski definition) is 1. The Hall–Kier alpha value is -2.04. The average Bonchev–Trinajstić information content (AvgIpc) is 2.68. The highest BCUT2D eigenvalue weighted by molar-refractivity contribution is 5.91. The van der Waals surface area contributed by atoms with E-state index in [1.54, 1.807) is 0 Å². The van der Waals surface area contributed by atoms with Crippen molar-refractivity contribution < 1.29 is 14.6 Å². The molecule has 2 heterocycles. The summed E-state index contributed by atoms with van der Waals surface area (Å²) in [5.41, 5.74) is 4.29. The van der Waals surface area contributed by atoms with E-state index in [0.717, 1.165) is 27.9 Å². The number of aliphatic hydroxyl groups excluding tert-OH is 1. The molecule has 0 amide bonds. The summed E-state index contributed by atoms with van der Waals surface area (Å²) in [4.78, 5) is 17.6. The van der Waals surface area contributed by atoms with Crippen LogP contribution in [0.2, 0.25) is 0 Å². The van der Waals surface area contributed by atoms with Gasteiger partial charge in [0.05, 0.1) is 19.8 Å². The van der Waals surface area contributed by atoms with Crippen LogP contribution in [0.15, 0.2) is 36.5 Å². The molecule has 0 radical (unpaired) electrons. The van der Waals surface area contributed by atoms with Gasteiger partial charge in [-0.05, 0) is 35.6 Å². The van der Waals surface area contributed by atoms with Gasteiger partial charge >= 0.3 is 0 Å². The predicted octanol–water partition coefficient (Wildman–Crippen LogP) is 4.36. The molecule has 2 aliphatic rings. The average molecular weight is 380 g/mol. The molecule has 2 aromatic rings. The Morgan fingerprint density at radius 1 is 1.18 bits per heavy atom. The van der Waals surface area contributed by atoms with Crippen LogP contribution in [0.25, 0.3) is 11.1 Å². The Labute approximate surface area is 167 Å². The molecule has 4 heteroatoms. The maximum absolute atomic E-state index is 13.2. The number of pyridine rings is 1. The molecular weight excluding hydrogens is 350 g/mol. The standard InChI is InChI=1S/C24H29NO3/c1-17-11-20(14-26)22(13-25-17)19-7-9-21(10-8-19)24(15-28-16-24)23(27)12-18-5-3-2-4-6-18/h7-11,13,18,26H,2-6,12,14-16H2,1H3. The summed E-state index contributed by atoms with van der Waals surface area (Å²) in [5, 5.41) is 9.67. The molecule has 4 rings (SSSR count). The molecule has 1 N–H and O–H groups in total. The van der Waals surface area contributed by atoms with E-state index in [4.69, 9.17) is 4.74 Å². The van der Waals surface area contributed by atoms with Gasteiger partial charge in [0.15, 0.2) is 0 Å². The minimum absolute atomic E-state index is 0.0158. The fraction of sp³-hybridized carbons (Fsp3) is 0.500. The lowest BCUT2D eigenvalue weighted by molar-refractivity contribution is -0.144. The predicted molar refractivity (Wildman–Crippen MR) is 109 cm³/mol. The zero-order valence-corrected chi connectivity index (χ0v) is 16.6. The van der Waals surface area contributed by atoms with E-state index in [2.05, 4.69) is 17.1 Å². The van der Waals surface area contributed by atoms with Gasteiger partial charge in [-0.3, -0.25) is 9.78 Å². The molecule has 1 aliphatic heterocycles. The number of hydrogen-bond acceptors (Lipinski definition) is 4. The van der Waals surface area contributed by atoms with E-state index in [1.165, 1.54) is 32.1 Å². The molecule has 0 atom stereocenters. The van der Waals surface area contributed by atoms with Gasteiger partial charge in [-0.2, -0.15) is 0 Å². The van der Waals surface area contributed by atoms with Crippen LogP contribution in [0.1, 0.15) is 55.3 Å². The molecule has 1 aromatic carbocycles. The monoisotopic (exact) mass is 379 g/mol. The molecule has 2 fully saturated rings. The van der Waals surface area contributed by atoms with Crippen LogP contribution >= 0.6 is 0 Å². The quantitative estimate of drug-likeness (QED) is 0.810. The lowest BCUT2D eigenvalue weighted by Crippen LogP contribution is -2.53. The van der Waals surface area contributed by atoms with Crippen LogP contribution in [-0.2, 0) is 21.6 Å². The maximum Gasteiger partial charge on any atom is 0.148 e. The molecule has 1 saturated carbocycles. The summed E-state index contributed by atoms with van der Waals surface area (Å²) < 4.78 is 5.50. The normalized spacial score (nSPS) is 19.2. The van der Waals surface area contributed by atoms with Crippen molar-refractivity contribution in [2.75, 3.05) is 13.2 Å². The van der Waals surface area contributed by atoms with Crippen molar-refractivity contribution in [3.8, 4) is 11.1 Å². The largest absolute Gasteiger partial charge is 0.392 e. The number of aromatic nitrogens is 1. The molecule has 148 valence electrons. The number of Topliss-reactive ketones (excluding diaryl/α,β-unsaturated/α-hetero) is 1. The fourth-order valence-corrected chi connectivity index (χ4v) is 4.62. The molecule has 4 nitrogen and oxygen atoms in total. The van der Waals surface area contributed by atoms with Gasteiger partial charge in [-0.1, -0.05) is 56.4 Å². The molecule has 1 saturated heterocycles. The molecule has 0 unspecified atom stereocenters. The Bertz CT molecular complexity index is 833. The highest BCUT2D eigenvalue weighted by atomic mass is 16.5. The number of rotatable bonds is 6. The minimum Gasteiger partial charge on any atom is -0.392 e. The first kappa shape index (κ1) is 19.3. The summed E-state index contributed by atoms with van der Waals surface area (Å²) >= 11 is 0. The van der Waals surface area contributed by atoms with Crippen LogP contribution in [0.3, 0.4) is 0 Å². The van der Waals surface area contributed by atoms with Gasteiger partial charge in [-0.15, -0.1) is 0 Å². The zero-order valence-electron chi connectivity index (χ0n) is 16.6. The van der Waals surface area contributed by atoms with E-state index in [-0.39, 0.29) is 6.61 Å².